The molecule has 0 spiro atoms. The molecule has 0 aliphatic heterocycles. The Balaban J connectivity index is 1.87. The van der Waals surface area contributed by atoms with E-state index in [1.165, 1.54) is 6.07 Å². The van der Waals surface area contributed by atoms with Gasteiger partial charge in [-0.2, -0.15) is 23.5 Å². The summed E-state index contributed by atoms with van der Waals surface area (Å²) in [7, 11) is 0. The highest BCUT2D eigenvalue weighted by Crippen LogP contribution is 2.28. The van der Waals surface area contributed by atoms with Crippen molar-refractivity contribution in [2.75, 3.05) is 23.7 Å². The first-order chi connectivity index (χ1) is 11.8. The predicted molar refractivity (Wildman–Crippen MR) is 87.0 cm³/mol. The summed E-state index contributed by atoms with van der Waals surface area (Å²) in [6.45, 7) is 4.69. The average Bonchev–Trinajstić information content (AvgIpc) is 2.57. The second kappa shape index (κ2) is 7.79. The number of hydrogen-bond acceptors (Lipinski definition) is 6. The van der Waals surface area contributed by atoms with Crippen LogP contribution in [0.1, 0.15) is 22.4 Å². The molecule has 0 aliphatic carbocycles. The van der Waals surface area contributed by atoms with Gasteiger partial charge < -0.3 is 10.6 Å². The van der Waals surface area contributed by atoms with Crippen LogP contribution in [0.15, 0.2) is 18.3 Å². The quantitative estimate of drug-likeness (QED) is 0.779. The molecule has 0 atom stereocenters. The maximum Gasteiger partial charge on any atom is 0.417 e. The van der Waals surface area contributed by atoms with E-state index in [9.17, 15) is 13.2 Å². The van der Waals surface area contributed by atoms with Gasteiger partial charge in [0.05, 0.1) is 23.7 Å². The van der Waals surface area contributed by atoms with Crippen LogP contribution in [0.3, 0.4) is 0 Å². The van der Waals surface area contributed by atoms with Gasteiger partial charge in [-0.1, -0.05) is 0 Å². The van der Waals surface area contributed by atoms with E-state index in [1.54, 1.807) is 0 Å². The molecule has 0 radical (unpaired) electrons. The lowest BCUT2D eigenvalue weighted by atomic mass is 10.1. The van der Waals surface area contributed by atoms with E-state index in [-0.39, 0.29) is 6.42 Å². The number of aromatic nitrogens is 3. The summed E-state index contributed by atoms with van der Waals surface area (Å²) in [5.74, 6) is 0.972. The maximum atomic E-state index is 12.5. The van der Waals surface area contributed by atoms with Gasteiger partial charge in [-0.3, -0.25) is 0 Å². The Labute approximate surface area is 143 Å². The second-order valence-corrected chi connectivity index (χ2v) is 5.36. The fourth-order valence-electron chi connectivity index (χ4n) is 2.10. The van der Waals surface area contributed by atoms with Gasteiger partial charge in [0, 0.05) is 19.3 Å². The molecular formula is C16H17F3N6. The van der Waals surface area contributed by atoms with Gasteiger partial charge in [-0.05, 0) is 37.1 Å². The van der Waals surface area contributed by atoms with Crippen molar-refractivity contribution in [1.82, 2.24) is 15.2 Å². The van der Waals surface area contributed by atoms with Gasteiger partial charge in [0.1, 0.15) is 5.82 Å². The molecule has 0 aliphatic rings. The number of nitriles is 1. The van der Waals surface area contributed by atoms with Crippen molar-refractivity contribution in [2.45, 2.75) is 26.4 Å². The van der Waals surface area contributed by atoms with Gasteiger partial charge in [-0.25, -0.2) is 4.98 Å². The van der Waals surface area contributed by atoms with Crippen LogP contribution in [0.4, 0.5) is 24.8 Å². The number of nitrogens with zero attached hydrogens (tertiary/aromatic N) is 4. The molecule has 9 heteroatoms. The first-order valence-electron chi connectivity index (χ1n) is 7.53. The summed E-state index contributed by atoms with van der Waals surface area (Å²) in [6, 6.07) is 4.31. The lowest BCUT2D eigenvalue weighted by Gasteiger charge is -2.12. The van der Waals surface area contributed by atoms with Crippen LogP contribution >= 0.6 is 0 Å². The van der Waals surface area contributed by atoms with Crippen LogP contribution in [0.25, 0.3) is 0 Å². The van der Waals surface area contributed by atoms with Crippen molar-refractivity contribution < 1.29 is 13.2 Å². The Bertz CT molecular complexity index is 765. The third kappa shape index (κ3) is 4.79. The first kappa shape index (κ1) is 18.4. The molecule has 2 aromatic heterocycles. The summed E-state index contributed by atoms with van der Waals surface area (Å²) in [5.41, 5.74) is 1.69. The number of alkyl halides is 3. The molecule has 0 amide bonds. The van der Waals surface area contributed by atoms with Crippen molar-refractivity contribution in [3.8, 4) is 6.07 Å². The number of halogens is 3. The summed E-state index contributed by atoms with van der Waals surface area (Å²) in [6.07, 6.45) is -3.39. The second-order valence-electron chi connectivity index (χ2n) is 5.36. The van der Waals surface area contributed by atoms with Gasteiger partial charge >= 0.3 is 6.18 Å². The normalized spacial score (nSPS) is 11.0. The SMILES string of the molecule is Cc1c(CC#N)nnc(NCCNc2ccc(C(F)(F)F)cn2)c1C. The van der Waals surface area contributed by atoms with Crippen molar-refractivity contribution in [3.63, 3.8) is 0 Å². The van der Waals surface area contributed by atoms with Crippen molar-refractivity contribution in [1.29, 1.82) is 5.26 Å². The van der Waals surface area contributed by atoms with Crippen LogP contribution in [0.5, 0.6) is 0 Å². The van der Waals surface area contributed by atoms with Gasteiger partial charge in [0.15, 0.2) is 5.82 Å². The molecule has 0 bridgehead atoms. The third-order valence-corrected chi connectivity index (χ3v) is 3.68. The number of anilines is 2. The fraction of sp³-hybridized carbons (Fsp3) is 0.375. The molecule has 2 N–H and O–H groups in total. The standard InChI is InChI=1S/C16H17F3N6/c1-10-11(2)15(25-24-13(10)5-6-20)22-8-7-21-14-4-3-12(9-23-14)16(17,18)19/h3-4,9H,5,7-8H2,1-2H3,(H,21,23)(H,22,25). The average molecular weight is 350 g/mol. The first-order valence-corrected chi connectivity index (χ1v) is 7.53. The molecule has 0 unspecified atom stereocenters. The largest absolute Gasteiger partial charge is 0.417 e. The van der Waals surface area contributed by atoms with E-state index in [4.69, 9.17) is 5.26 Å². The van der Waals surface area contributed by atoms with Crippen LogP contribution in [-0.2, 0) is 12.6 Å². The molecule has 0 saturated carbocycles. The molecule has 25 heavy (non-hydrogen) atoms. The monoisotopic (exact) mass is 350 g/mol. The molecular weight excluding hydrogens is 333 g/mol. The van der Waals surface area contributed by atoms with Gasteiger partial charge in [0.25, 0.3) is 0 Å². The summed E-state index contributed by atoms with van der Waals surface area (Å²) < 4.78 is 37.4. The van der Waals surface area contributed by atoms with Gasteiger partial charge in [0.2, 0.25) is 0 Å². The number of nitrogens with one attached hydrogen (secondary N) is 2. The molecule has 0 aromatic carbocycles. The molecule has 2 heterocycles. The Kier molecular flexibility index (Phi) is 5.75. The fourth-order valence-corrected chi connectivity index (χ4v) is 2.10. The molecule has 0 saturated heterocycles. The Morgan fingerprint density at radius 2 is 1.80 bits per heavy atom. The Morgan fingerprint density at radius 3 is 2.40 bits per heavy atom. The van der Waals surface area contributed by atoms with Gasteiger partial charge in [-0.15, -0.1) is 5.10 Å². The predicted octanol–water partition coefficient (Wildman–Crippen LogP) is 3.10. The number of rotatable bonds is 6. The van der Waals surface area contributed by atoms with Crippen molar-refractivity contribution in [2.24, 2.45) is 0 Å². The van der Waals surface area contributed by atoms with Crippen molar-refractivity contribution in [3.05, 3.63) is 40.7 Å². The number of hydrogen-bond donors (Lipinski definition) is 2. The highest BCUT2D eigenvalue weighted by Gasteiger charge is 2.30. The maximum absolute atomic E-state index is 12.5. The Morgan fingerprint density at radius 1 is 1.08 bits per heavy atom. The summed E-state index contributed by atoms with van der Waals surface area (Å²) in [4.78, 5) is 3.74. The number of pyridine rings is 1. The van der Waals surface area contributed by atoms with E-state index in [0.29, 0.717) is 30.4 Å². The van der Waals surface area contributed by atoms with E-state index < -0.39 is 11.7 Å². The van der Waals surface area contributed by atoms with Crippen molar-refractivity contribution >= 4 is 11.6 Å². The van der Waals surface area contributed by atoms with Crippen LogP contribution in [0.2, 0.25) is 0 Å². The molecule has 0 fully saturated rings. The molecule has 132 valence electrons. The third-order valence-electron chi connectivity index (χ3n) is 3.68. The minimum Gasteiger partial charge on any atom is -0.368 e. The summed E-state index contributed by atoms with van der Waals surface area (Å²) >= 11 is 0. The van der Waals surface area contributed by atoms with Crippen LogP contribution < -0.4 is 10.6 Å². The zero-order valence-electron chi connectivity index (χ0n) is 13.8. The van der Waals surface area contributed by atoms with E-state index in [2.05, 4.69) is 25.8 Å². The van der Waals surface area contributed by atoms with Crippen LogP contribution in [-0.4, -0.2) is 28.3 Å². The molecule has 6 nitrogen and oxygen atoms in total. The molecule has 2 rings (SSSR count). The smallest absolute Gasteiger partial charge is 0.368 e. The topological polar surface area (TPSA) is 86.5 Å². The minimum absolute atomic E-state index is 0.209. The summed E-state index contributed by atoms with van der Waals surface area (Å²) in [5, 5.41) is 22.9. The highest BCUT2D eigenvalue weighted by atomic mass is 19.4. The zero-order valence-corrected chi connectivity index (χ0v) is 13.8. The lowest BCUT2D eigenvalue weighted by Crippen LogP contribution is -2.17. The molecule has 2 aromatic rings. The Hall–Kier alpha value is -2.89. The van der Waals surface area contributed by atoms with E-state index in [1.807, 2.05) is 19.9 Å². The minimum atomic E-state index is -4.39. The zero-order chi connectivity index (χ0) is 18.4. The van der Waals surface area contributed by atoms with Crippen LogP contribution in [0, 0.1) is 25.2 Å². The lowest BCUT2D eigenvalue weighted by molar-refractivity contribution is -0.137. The highest BCUT2D eigenvalue weighted by molar-refractivity contribution is 5.48. The van der Waals surface area contributed by atoms with E-state index >= 15 is 0 Å². The van der Waals surface area contributed by atoms with E-state index in [0.717, 1.165) is 23.4 Å².